The van der Waals surface area contributed by atoms with Crippen LogP contribution < -0.4 is 14.4 Å². The van der Waals surface area contributed by atoms with Crippen molar-refractivity contribution in [2.45, 2.75) is 6.18 Å². The van der Waals surface area contributed by atoms with Crippen molar-refractivity contribution in [3.63, 3.8) is 0 Å². The van der Waals surface area contributed by atoms with Crippen molar-refractivity contribution in [2.24, 2.45) is 0 Å². The van der Waals surface area contributed by atoms with E-state index in [4.69, 9.17) is 16.3 Å². The third kappa shape index (κ3) is 5.98. The molecular formula is C17H15ClF3N3O6S. The van der Waals surface area contributed by atoms with E-state index in [1.165, 1.54) is 13.2 Å². The van der Waals surface area contributed by atoms with Gasteiger partial charge in [0.15, 0.2) is 0 Å². The van der Waals surface area contributed by atoms with Gasteiger partial charge in [-0.15, -0.1) is 0 Å². The van der Waals surface area contributed by atoms with Gasteiger partial charge in [-0.3, -0.25) is 19.2 Å². The van der Waals surface area contributed by atoms with Crippen molar-refractivity contribution >= 4 is 44.6 Å². The molecule has 0 bridgehead atoms. The summed E-state index contributed by atoms with van der Waals surface area (Å²) in [5.74, 6) is -0.927. The lowest BCUT2D eigenvalue weighted by molar-refractivity contribution is -0.384. The number of sulfonamides is 1. The van der Waals surface area contributed by atoms with Crippen molar-refractivity contribution in [1.82, 2.24) is 0 Å². The molecule has 14 heteroatoms. The fourth-order valence-electron chi connectivity index (χ4n) is 2.51. The molecule has 0 aliphatic heterocycles. The number of carbonyl (C=O) groups is 1. The minimum atomic E-state index is -4.85. The van der Waals surface area contributed by atoms with Crippen molar-refractivity contribution in [1.29, 1.82) is 0 Å². The van der Waals surface area contributed by atoms with E-state index >= 15 is 0 Å². The highest BCUT2D eigenvalue weighted by molar-refractivity contribution is 7.92. The lowest BCUT2D eigenvalue weighted by Gasteiger charge is -2.23. The average molecular weight is 482 g/mol. The maximum absolute atomic E-state index is 13.1. The van der Waals surface area contributed by atoms with Crippen LogP contribution in [0.5, 0.6) is 5.75 Å². The molecule has 9 nitrogen and oxygen atoms in total. The number of hydrogen-bond donors (Lipinski definition) is 1. The number of nitro groups is 1. The van der Waals surface area contributed by atoms with Gasteiger partial charge in [-0.1, -0.05) is 11.6 Å². The van der Waals surface area contributed by atoms with Crippen LogP contribution in [0, 0.1) is 10.1 Å². The van der Waals surface area contributed by atoms with Crippen molar-refractivity contribution < 1.29 is 36.0 Å². The highest BCUT2D eigenvalue weighted by atomic mass is 35.5. The summed E-state index contributed by atoms with van der Waals surface area (Å²) >= 11 is 5.55. The Morgan fingerprint density at radius 3 is 2.42 bits per heavy atom. The Hall–Kier alpha value is -3.06. The zero-order valence-electron chi connectivity index (χ0n) is 15.9. The van der Waals surface area contributed by atoms with E-state index in [1.54, 1.807) is 0 Å². The monoisotopic (exact) mass is 481 g/mol. The number of ether oxygens (including phenoxy) is 1. The zero-order chi connectivity index (χ0) is 23.6. The van der Waals surface area contributed by atoms with E-state index in [0.717, 1.165) is 24.3 Å². The minimum absolute atomic E-state index is 0.0516. The maximum atomic E-state index is 13.1. The molecule has 0 aromatic heterocycles. The van der Waals surface area contributed by atoms with Gasteiger partial charge in [-0.05, 0) is 24.3 Å². The van der Waals surface area contributed by atoms with Crippen LogP contribution in [0.15, 0.2) is 36.4 Å². The number of non-ortho nitro benzene ring substituents is 1. The molecule has 2 rings (SSSR count). The molecule has 0 fully saturated rings. The van der Waals surface area contributed by atoms with Gasteiger partial charge in [-0.25, -0.2) is 8.42 Å². The number of anilines is 2. The summed E-state index contributed by atoms with van der Waals surface area (Å²) in [5, 5.41) is 12.6. The molecule has 2 aromatic carbocycles. The van der Waals surface area contributed by atoms with E-state index in [2.05, 4.69) is 5.32 Å². The molecule has 0 saturated carbocycles. The van der Waals surface area contributed by atoms with Gasteiger partial charge in [0.25, 0.3) is 5.69 Å². The fourth-order valence-corrected chi connectivity index (χ4v) is 3.59. The van der Waals surface area contributed by atoms with Crippen LogP contribution in [0.1, 0.15) is 5.56 Å². The number of alkyl halides is 3. The molecule has 0 aliphatic carbocycles. The van der Waals surface area contributed by atoms with Crippen LogP contribution in [-0.2, 0) is 21.0 Å². The second kappa shape index (κ2) is 8.98. The second-order valence-corrected chi connectivity index (χ2v) is 8.44. The number of nitro benzene ring substituents is 1. The molecule has 0 heterocycles. The molecule has 0 unspecified atom stereocenters. The first-order valence-corrected chi connectivity index (χ1v) is 10.4. The fraction of sp³-hybridized carbons (Fsp3) is 0.235. The van der Waals surface area contributed by atoms with E-state index < -0.39 is 49.8 Å². The summed E-state index contributed by atoms with van der Waals surface area (Å²) in [6.45, 7) is -0.913. The number of hydrogen-bond acceptors (Lipinski definition) is 6. The summed E-state index contributed by atoms with van der Waals surface area (Å²) in [5.41, 5.74) is -2.22. The first kappa shape index (κ1) is 24.2. The normalized spacial score (nSPS) is 11.7. The topological polar surface area (TPSA) is 119 Å². The standard InChI is InChI=1S/C17H15ClF3N3O6S/c1-30-15-6-4-11(24(26)27)8-14(15)22-16(25)9-23(31(2,28)29)10-3-5-13(18)12(7-10)17(19,20)21/h3-8H,9H2,1-2H3,(H,22,25). The largest absolute Gasteiger partial charge is 0.495 e. The molecule has 0 radical (unpaired) electrons. The van der Waals surface area contributed by atoms with E-state index in [0.29, 0.717) is 16.6 Å². The summed E-state index contributed by atoms with van der Waals surface area (Å²) in [4.78, 5) is 22.7. The summed E-state index contributed by atoms with van der Waals surface area (Å²) in [7, 11) is -2.95. The van der Waals surface area contributed by atoms with Gasteiger partial charge in [0, 0.05) is 12.1 Å². The highest BCUT2D eigenvalue weighted by Gasteiger charge is 2.34. The second-order valence-electron chi connectivity index (χ2n) is 6.12. The Bertz CT molecular complexity index is 1120. The van der Waals surface area contributed by atoms with E-state index in [1.807, 2.05) is 0 Å². The Labute approximate surface area is 179 Å². The maximum Gasteiger partial charge on any atom is 0.417 e. The zero-order valence-corrected chi connectivity index (χ0v) is 17.5. The average Bonchev–Trinajstić information content (AvgIpc) is 2.64. The van der Waals surface area contributed by atoms with Crippen LogP contribution in [-0.4, -0.2) is 39.2 Å². The predicted molar refractivity (Wildman–Crippen MR) is 107 cm³/mol. The number of nitrogens with zero attached hydrogens (tertiary/aromatic N) is 2. The number of amides is 1. The van der Waals surface area contributed by atoms with Crippen molar-refractivity contribution in [3.05, 3.63) is 57.1 Å². The summed E-state index contributed by atoms with van der Waals surface area (Å²) in [6.07, 6.45) is -4.15. The van der Waals surface area contributed by atoms with Gasteiger partial charge in [0.1, 0.15) is 12.3 Å². The first-order valence-electron chi connectivity index (χ1n) is 8.20. The van der Waals surface area contributed by atoms with Crippen LogP contribution in [0.3, 0.4) is 0 Å². The number of rotatable bonds is 7. The Kier molecular flexibility index (Phi) is 7.01. The van der Waals surface area contributed by atoms with Crippen LogP contribution in [0.25, 0.3) is 0 Å². The van der Waals surface area contributed by atoms with Crippen molar-refractivity contribution in [2.75, 3.05) is 29.5 Å². The summed E-state index contributed by atoms with van der Waals surface area (Å²) < 4.78 is 69.1. The summed E-state index contributed by atoms with van der Waals surface area (Å²) in [6, 6.07) is 5.72. The number of carbonyl (C=O) groups excluding carboxylic acids is 1. The first-order chi connectivity index (χ1) is 14.2. The van der Waals surface area contributed by atoms with Crippen LogP contribution in [0.4, 0.5) is 30.2 Å². The molecule has 1 N–H and O–H groups in total. The quantitative estimate of drug-likeness (QED) is 0.476. The molecular weight excluding hydrogens is 467 g/mol. The Morgan fingerprint density at radius 1 is 1.26 bits per heavy atom. The molecule has 31 heavy (non-hydrogen) atoms. The van der Waals surface area contributed by atoms with E-state index in [9.17, 15) is 36.5 Å². The Morgan fingerprint density at radius 2 is 1.90 bits per heavy atom. The predicted octanol–water partition coefficient (Wildman–Crippen LogP) is 3.68. The van der Waals surface area contributed by atoms with Crippen molar-refractivity contribution in [3.8, 4) is 5.75 Å². The third-order valence-corrected chi connectivity index (χ3v) is 5.37. The van der Waals surface area contributed by atoms with Gasteiger partial charge in [0.05, 0.1) is 40.2 Å². The lowest BCUT2D eigenvalue weighted by Crippen LogP contribution is -2.37. The molecule has 2 aromatic rings. The van der Waals surface area contributed by atoms with Crippen LogP contribution >= 0.6 is 11.6 Å². The smallest absolute Gasteiger partial charge is 0.417 e. The van der Waals surface area contributed by atoms with Gasteiger partial charge >= 0.3 is 6.18 Å². The molecule has 0 saturated heterocycles. The number of methoxy groups -OCH3 is 1. The highest BCUT2D eigenvalue weighted by Crippen LogP contribution is 2.37. The number of nitrogens with one attached hydrogen (secondary N) is 1. The van der Waals surface area contributed by atoms with E-state index in [-0.39, 0.29) is 17.1 Å². The number of halogens is 4. The SMILES string of the molecule is COc1ccc([N+](=O)[O-])cc1NC(=O)CN(c1ccc(Cl)c(C(F)(F)F)c1)S(C)(=O)=O. The lowest BCUT2D eigenvalue weighted by atomic mass is 10.2. The molecule has 1 amide bonds. The Balaban J connectivity index is 2.39. The minimum Gasteiger partial charge on any atom is -0.495 e. The molecule has 0 atom stereocenters. The van der Waals surface area contributed by atoms with Crippen LogP contribution in [0.2, 0.25) is 5.02 Å². The number of benzene rings is 2. The third-order valence-electron chi connectivity index (χ3n) is 3.90. The molecule has 168 valence electrons. The van der Waals surface area contributed by atoms with Gasteiger partial charge in [0.2, 0.25) is 15.9 Å². The van der Waals surface area contributed by atoms with Gasteiger partial charge in [-0.2, -0.15) is 13.2 Å². The molecule has 0 aliphatic rings. The van der Waals surface area contributed by atoms with Gasteiger partial charge < -0.3 is 10.1 Å². The molecule has 0 spiro atoms.